The lowest BCUT2D eigenvalue weighted by atomic mass is 9.70. The third-order valence-corrected chi connectivity index (χ3v) is 12.1. The van der Waals surface area contributed by atoms with Crippen LogP contribution in [0.5, 0.6) is 0 Å². The van der Waals surface area contributed by atoms with Gasteiger partial charge in [0, 0.05) is 17.9 Å². The second-order valence-corrected chi connectivity index (χ2v) is 16.5. The minimum Gasteiger partial charge on any atom is -0.479 e. The van der Waals surface area contributed by atoms with E-state index in [2.05, 4.69) is 26.9 Å². The zero-order valence-corrected chi connectivity index (χ0v) is 22.2. The van der Waals surface area contributed by atoms with Gasteiger partial charge in [0.25, 0.3) is 11.8 Å². The molecule has 5 nitrogen and oxygen atoms in total. The highest BCUT2D eigenvalue weighted by Crippen LogP contribution is 2.57. The molecule has 174 valence electrons. The molecule has 1 aromatic carbocycles. The Kier molecular flexibility index (Phi) is 6.62. The number of benzene rings is 1. The normalized spacial score (nSPS) is 30.2. The van der Waals surface area contributed by atoms with Crippen LogP contribution in [0.3, 0.4) is 0 Å². The molecule has 2 aliphatic heterocycles. The van der Waals surface area contributed by atoms with E-state index in [4.69, 9.17) is 21.4 Å². The summed E-state index contributed by atoms with van der Waals surface area (Å²) in [6, 6.07) is 7.11. The Labute approximate surface area is 201 Å². The Morgan fingerprint density at radius 3 is 2.44 bits per heavy atom. The zero-order valence-electron chi connectivity index (χ0n) is 19.6. The summed E-state index contributed by atoms with van der Waals surface area (Å²) in [7, 11) is -2.01. The van der Waals surface area contributed by atoms with Crippen molar-refractivity contribution in [3.05, 3.63) is 35.4 Å². The summed E-state index contributed by atoms with van der Waals surface area (Å²) in [6.45, 7) is 12.2. The number of thiocarbonyl (C=S) groups is 1. The number of carbonyl (C=O) groups is 2. The molecule has 0 unspecified atom stereocenters. The van der Waals surface area contributed by atoms with Gasteiger partial charge in [0.2, 0.25) is 4.38 Å². The van der Waals surface area contributed by atoms with Crippen molar-refractivity contribution in [2.45, 2.75) is 70.0 Å². The predicted molar refractivity (Wildman–Crippen MR) is 135 cm³/mol. The van der Waals surface area contributed by atoms with Crippen LogP contribution in [0.1, 0.15) is 60.7 Å². The Hall–Kier alpha value is -1.22. The monoisotopic (exact) mass is 491 g/mol. The topological polar surface area (TPSA) is 55.8 Å². The number of carbonyl (C=O) groups excluding carboxylic acids is 2. The number of imide groups is 1. The molecule has 0 N–H and O–H groups in total. The Morgan fingerprint density at radius 2 is 1.84 bits per heavy atom. The average molecular weight is 492 g/mol. The molecule has 8 heteroatoms. The maximum Gasteiger partial charge on any atom is 0.261 e. The average Bonchev–Trinajstić information content (AvgIpc) is 3.09. The van der Waals surface area contributed by atoms with Crippen molar-refractivity contribution in [1.29, 1.82) is 0 Å². The van der Waals surface area contributed by atoms with Crippen LogP contribution in [0.25, 0.3) is 0 Å². The van der Waals surface area contributed by atoms with Gasteiger partial charge in [-0.25, -0.2) is 0 Å². The molecule has 1 aromatic rings. The van der Waals surface area contributed by atoms with Gasteiger partial charge in [-0.2, -0.15) is 0 Å². The minimum atomic E-state index is -2.01. The van der Waals surface area contributed by atoms with E-state index in [1.54, 1.807) is 23.9 Å². The van der Waals surface area contributed by atoms with Gasteiger partial charge in [0.15, 0.2) is 8.32 Å². The van der Waals surface area contributed by atoms with Crippen LogP contribution in [0.4, 0.5) is 0 Å². The van der Waals surface area contributed by atoms with Gasteiger partial charge in [0.05, 0.1) is 17.7 Å². The Bertz CT molecular complexity index is 899. The fourth-order valence-corrected chi connectivity index (χ4v) is 11.4. The van der Waals surface area contributed by atoms with Crippen molar-refractivity contribution in [3.63, 3.8) is 0 Å². The lowest BCUT2D eigenvalue weighted by molar-refractivity contribution is 0.0605. The molecule has 4 atom stereocenters. The fourth-order valence-electron chi connectivity index (χ4n) is 5.91. The third kappa shape index (κ3) is 4.43. The second-order valence-electron chi connectivity index (χ2n) is 10.5. The summed E-state index contributed by atoms with van der Waals surface area (Å²) in [5.74, 6) is 0.0193. The second kappa shape index (κ2) is 8.85. The zero-order chi connectivity index (χ0) is 23.3. The van der Waals surface area contributed by atoms with Gasteiger partial charge in [-0.1, -0.05) is 37.7 Å². The molecule has 1 aliphatic carbocycles. The lowest BCUT2D eigenvalue weighted by Gasteiger charge is -2.44. The van der Waals surface area contributed by atoms with Gasteiger partial charge >= 0.3 is 0 Å². The van der Waals surface area contributed by atoms with E-state index in [-0.39, 0.29) is 23.3 Å². The van der Waals surface area contributed by atoms with Crippen LogP contribution < -0.4 is 0 Å². The van der Waals surface area contributed by atoms with Crippen LogP contribution in [0.2, 0.25) is 18.6 Å². The van der Waals surface area contributed by atoms with E-state index in [0.717, 1.165) is 19.3 Å². The van der Waals surface area contributed by atoms with E-state index in [1.165, 1.54) is 4.90 Å². The van der Waals surface area contributed by atoms with E-state index in [1.807, 2.05) is 19.1 Å². The number of hydrogen-bond acceptors (Lipinski definition) is 6. The largest absolute Gasteiger partial charge is 0.479 e. The molecule has 0 spiro atoms. The third-order valence-electron chi connectivity index (χ3n) is 7.23. The number of ether oxygens (including phenoxy) is 1. The van der Waals surface area contributed by atoms with Gasteiger partial charge in [-0.15, -0.1) is 0 Å². The molecule has 1 saturated heterocycles. The maximum atomic E-state index is 12.9. The molecular weight excluding hydrogens is 458 g/mol. The van der Waals surface area contributed by atoms with Crippen molar-refractivity contribution in [3.8, 4) is 0 Å². The van der Waals surface area contributed by atoms with E-state index in [9.17, 15) is 9.59 Å². The molecule has 2 fully saturated rings. The lowest BCUT2D eigenvalue weighted by Crippen LogP contribution is -2.42. The maximum absolute atomic E-state index is 12.9. The van der Waals surface area contributed by atoms with Crippen molar-refractivity contribution in [1.82, 2.24) is 4.90 Å². The van der Waals surface area contributed by atoms with E-state index in [0.29, 0.717) is 45.4 Å². The number of thioether (sulfide) groups is 1. The Morgan fingerprint density at radius 1 is 1.22 bits per heavy atom. The molecular formula is C24H33NO4S2Si. The summed E-state index contributed by atoms with van der Waals surface area (Å²) in [5.41, 5.74) is 1.58. The molecule has 2 amide bonds. The highest BCUT2D eigenvalue weighted by molar-refractivity contribution is 8.23. The van der Waals surface area contributed by atoms with Gasteiger partial charge < -0.3 is 9.16 Å². The van der Waals surface area contributed by atoms with E-state index < -0.39 is 8.32 Å². The quantitative estimate of drug-likeness (QED) is 0.308. The SMILES string of the molecule is CCOC(=S)S[C@H]1CC(C)(C)C[C@@H]2O[Si](C)(C)[C@@H](CCN3C(=O)c4ccccc4C3=O)[C@@H]21. The van der Waals surface area contributed by atoms with Crippen molar-refractivity contribution >= 4 is 48.5 Å². The van der Waals surface area contributed by atoms with Crippen molar-refractivity contribution in [2.75, 3.05) is 13.2 Å². The van der Waals surface area contributed by atoms with Crippen LogP contribution in [-0.4, -0.2) is 53.9 Å². The number of rotatable bonds is 5. The van der Waals surface area contributed by atoms with Crippen LogP contribution >= 0.6 is 24.0 Å². The standard InChI is InChI=1S/C24H33NO4S2Si/c1-6-28-23(30)31-18-14-24(2,3)13-17-20(18)19(32(4,5)29-17)11-12-25-21(26)15-9-7-8-10-16(15)22(25)27/h7-10,17-20H,6,11-14H2,1-5H3/t17-,18-,19-,20-/m0/s1. The van der Waals surface area contributed by atoms with Gasteiger partial charge in [-0.05, 0) is 80.5 Å². The smallest absolute Gasteiger partial charge is 0.261 e. The summed E-state index contributed by atoms with van der Waals surface area (Å²) in [5, 5.41) is 0.323. The van der Waals surface area contributed by atoms with Crippen molar-refractivity contribution in [2.24, 2.45) is 11.3 Å². The van der Waals surface area contributed by atoms with Crippen LogP contribution in [-0.2, 0) is 9.16 Å². The molecule has 4 rings (SSSR count). The fraction of sp³-hybridized carbons (Fsp3) is 0.625. The number of fused-ring (bicyclic) bond motifs is 2. The van der Waals surface area contributed by atoms with E-state index >= 15 is 0 Å². The van der Waals surface area contributed by atoms with Crippen molar-refractivity contribution < 1.29 is 18.8 Å². The summed E-state index contributed by atoms with van der Waals surface area (Å²) in [6.07, 6.45) is 3.08. The molecule has 32 heavy (non-hydrogen) atoms. The molecule has 0 radical (unpaired) electrons. The highest BCUT2D eigenvalue weighted by Gasteiger charge is 2.57. The first kappa shape index (κ1) is 23.9. The summed E-state index contributed by atoms with van der Waals surface area (Å²) >= 11 is 7.18. The number of hydrogen-bond donors (Lipinski definition) is 0. The minimum absolute atomic E-state index is 0.172. The first-order valence-corrected chi connectivity index (χ1v) is 15.8. The highest BCUT2D eigenvalue weighted by atomic mass is 32.2. The molecule has 3 aliphatic rings. The Balaban J connectivity index is 1.54. The van der Waals surface area contributed by atoms with Crippen LogP contribution in [0, 0.1) is 11.3 Å². The molecule has 0 bridgehead atoms. The van der Waals surface area contributed by atoms with Gasteiger partial charge in [-0.3, -0.25) is 14.5 Å². The molecule has 2 heterocycles. The van der Waals surface area contributed by atoms with Crippen LogP contribution in [0.15, 0.2) is 24.3 Å². The molecule has 0 aromatic heterocycles. The number of amides is 2. The number of nitrogens with zero attached hydrogens (tertiary/aromatic N) is 1. The first-order chi connectivity index (χ1) is 15.0. The summed E-state index contributed by atoms with van der Waals surface area (Å²) in [4.78, 5) is 27.2. The molecule has 1 saturated carbocycles. The predicted octanol–water partition coefficient (Wildman–Crippen LogP) is 5.51. The summed E-state index contributed by atoms with van der Waals surface area (Å²) < 4.78 is 13.0. The van der Waals surface area contributed by atoms with Gasteiger partial charge in [0.1, 0.15) is 0 Å². The first-order valence-electron chi connectivity index (χ1n) is 11.5.